The van der Waals surface area contributed by atoms with Crippen LogP contribution in [0.2, 0.25) is 0 Å². The van der Waals surface area contributed by atoms with Crippen LogP contribution in [0.15, 0.2) is 67.1 Å². The summed E-state index contributed by atoms with van der Waals surface area (Å²) >= 11 is 0. The third-order valence-electron chi connectivity index (χ3n) is 4.72. The zero-order chi connectivity index (χ0) is 19.0. The van der Waals surface area contributed by atoms with Gasteiger partial charge in [0, 0.05) is 43.6 Å². The van der Waals surface area contributed by atoms with Gasteiger partial charge in [0.15, 0.2) is 0 Å². The fourth-order valence-corrected chi connectivity index (χ4v) is 3.37. The molecular weight excluding hydrogens is 343 g/mol. The average Bonchev–Trinajstić information content (AvgIpc) is 3.23. The monoisotopic (exact) mass is 362 g/mol. The molecule has 1 amide bonds. The maximum absolute atomic E-state index is 13.8. The lowest BCUT2D eigenvalue weighted by Crippen LogP contribution is -2.31. The Labute approximate surface area is 156 Å². The molecule has 2 aromatic heterocycles. The Hall–Kier alpha value is -3.41. The van der Waals surface area contributed by atoms with Crippen molar-refractivity contribution in [3.63, 3.8) is 0 Å². The molecule has 0 spiro atoms. The van der Waals surface area contributed by atoms with E-state index >= 15 is 0 Å². The van der Waals surface area contributed by atoms with Crippen molar-refractivity contribution in [1.29, 1.82) is 0 Å². The van der Waals surface area contributed by atoms with E-state index in [9.17, 15) is 9.18 Å². The molecule has 136 valence electrons. The molecule has 1 N–H and O–H groups in total. The number of nitrogens with zero attached hydrogens (tertiary/aromatic N) is 3. The number of aromatic nitrogens is 3. The molecule has 1 atom stereocenters. The molecule has 0 saturated heterocycles. The number of fused-ring (bicyclic) bond motifs is 1. The van der Waals surface area contributed by atoms with Crippen molar-refractivity contribution in [2.75, 3.05) is 0 Å². The van der Waals surface area contributed by atoms with E-state index in [-0.39, 0.29) is 11.7 Å². The Morgan fingerprint density at radius 2 is 1.93 bits per heavy atom. The number of aryl methyl sites for hydroxylation is 2. The fourth-order valence-electron chi connectivity index (χ4n) is 3.37. The van der Waals surface area contributed by atoms with E-state index in [4.69, 9.17) is 0 Å². The first-order chi connectivity index (χ1) is 13.0. The second-order valence-electron chi connectivity index (χ2n) is 6.53. The quantitative estimate of drug-likeness (QED) is 0.603. The minimum Gasteiger partial charge on any atom is -0.350 e. The molecule has 4 aromatic rings. The Morgan fingerprint density at radius 3 is 2.67 bits per heavy atom. The normalized spacial score (nSPS) is 12.3. The van der Waals surface area contributed by atoms with Crippen LogP contribution in [0, 0.1) is 5.82 Å². The maximum atomic E-state index is 13.8. The summed E-state index contributed by atoms with van der Waals surface area (Å²) in [6.45, 7) is 0. The fraction of sp³-hybridized carbons (Fsp3) is 0.143. The van der Waals surface area contributed by atoms with E-state index in [1.165, 1.54) is 12.1 Å². The Kier molecular flexibility index (Phi) is 4.24. The smallest absolute Gasteiger partial charge is 0.254 e. The summed E-state index contributed by atoms with van der Waals surface area (Å²) < 4.78 is 17.5. The number of benzene rings is 2. The van der Waals surface area contributed by atoms with Gasteiger partial charge in [-0.05, 0) is 23.8 Å². The number of carbonyl (C=O) groups is 1. The minimum absolute atomic E-state index is 0.232. The van der Waals surface area contributed by atoms with E-state index in [0.717, 1.165) is 10.9 Å². The van der Waals surface area contributed by atoms with Gasteiger partial charge < -0.3 is 14.5 Å². The number of amides is 1. The van der Waals surface area contributed by atoms with E-state index < -0.39 is 6.04 Å². The van der Waals surface area contributed by atoms with Crippen LogP contribution in [0.3, 0.4) is 0 Å². The van der Waals surface area contributed by atoms with Gasteiger partial charge >= 0.3 is 0 Å². The van der Waals surface area contributed by atoms with Gasteiger partial charge in [0.2, 0.25) is 0 Å². The summed E-state index contributed by atoms with van der Waals surface area (Å²) in [6.07, 6.45) is 5.26. The van der Waals surface area contributed by atoms with Crippen molar-refractivity contribution >= 4 is 16.8 Å². The molecule has 2 aromatic carbocycles. The lowest BCUT2D eigenvalue weighted by Gasteiger charge is -2.19. The summed E-state index contributed by atoms with van der Waals surface area (Å²) in [5, 5.41) is 3.89. The molecule has 27 heavy (non-hydrogen) atoms. The van der Waals surface area contributed by atoms with Crippen LogP contribution >= 0.6 is 0 Å². The molecule has 0 aliphatic carbocycles. The van der Waals surface area contributed by atoms with Crippen molar-refractivity contribution in [2.45, 2.75) is 6.04 Å². The Bertz CT molecular complexity index is 1130. The number of rotatable bonds is 4. The molecule has 5 nitrogen and oxygen atoms in total. The van der Waals surface area contributed by atoms with Crippen LogP contribution in [0.25, 0.3) is 10.9 Å². The second kappa shape index (κ2) is 6.72. The summed E-state index contributed by atoms with van der Waals surface area (Å²) in [5.74, 6) is 0.0457. The van der Waals surface area contributed by atoms with Crippen LogP contribution < -0.4 is 5.32 Å². The molecule has 0 fully saturated rings. The summed E-state index contributed by atoms with van der Waals surface area (Å²) in [5.41, 5.74) is 2.18. The number of carbonyl (C=O) groups excluding carboxylic acids is 1. The highest BCUT2D eigenvalue weighted by Crippen LogP contribution is 2.24. The molecule has 0 saturated carbocycles. The summed E-state index contributed by atoms with van der Waals surface area (Å²) in [6, 6.07) is 13.4. The van der Waals surface area contributed by atoms with Crippen LogP contribution in [0.5, 0.6) is 0 Å². The molecule has 2 heterocycles. The van der Waals surface area contributed by atoms with E-state index in [0.29, 0.717) is 17.0 Å². The van der Waals surface area contributed by atoms with Gasteiger partial charge in [-0.1, -0.05) is 30.3 Å². The number of nitrogens with one attached hydrogen (secondary N) is 1. The number of halogens is 1. The predicted octanol–water partition coefficient (Wildman–Crippen LogP) is 3.57. The highest BCUT2D eigenvalue weighted by Gasteiger charge is 2.23. The topological polar surface area (TPSA) is 51.9 Å². The minimum atomic E-state index is -0.563. The van der Waals surface area contributed by atoms with Crippen LogP contribution in [-0.4, -0.2) is 20.0 Å². The van der Waals surface area contributed by atoms with E-state index in [1.807, 2.05) is 47.5 Å². The third kappa shape index (κ3) is 3.10. The molecule has 0 aliphatic heterocycles. The SMILES string of the molecule is Cn1ccnc1C(NC(=O)c1cn(C)c2ccccc12)c1cccc(F)c1. The van der Waals surface area contributed by atoms with Crippen molar-refractivity contribution in [1.82, 2.24) is 19.4 Å². The van der Waals surface area contributed by atoms with E-state index in [1.54, 1.807) is 30.7 Å². The summed E-state index contributed by atoms with van der Waals surface area (Å²) in [7, 11) is 3.75. The highest BCUT2D eigenvalue weighted by atomic mass is 19.1. The lowest BCUT2D eigenvalue weighted by molar-refractivity contribution is 0.0942. The molecule has 6 heteroatoms. The van der Waals surface area contributed by atoms with Crippen LogP contribution in [0.4, 0.5) is 4.39 Å². The molecule has 4 rings (SSSR count). The molecular formula is C21H19FN4O. The Morgan fingerprint density at radius 1 is 1.11 bits per heavy atom. The first kappa shape index (κ1) is 17.0. The van der Waals surface area contributed by atoms with E-state index in [2.05, 4.69) is 10.3 Å². The first-order valence-corrected chi connectivity index (χ1v) is 8.62. The molecule has 0 radical (unpaired) electrons. The van der Waals surface area contributed by atoms with Crippen molar-refractivity contribution in [3.8, 4) is 0 Å². The lowest BCUT2D eigenvalue weighted by atomic mass is 10.0. The van der Waals surface area contributed by atoms with Crippen LogP contribution in [0.1, 0.15) is 27.8 Å². The first-order valence-electron chi connectivity index (χ1n) is 8.62. The van der Waals surface area contributed by atoms with Gasteiger partial charge in [0.1, 0.15) is 17.7 Å². The zero-order valence-corrected chi connectivity index (χ0v) is 15.1. The van der Waals surface area contributed by atoms with Gasteiger partial charge in [-0.3, -0.25) is 4.79 Å². The van der Waals surface area contributed by atoms with Gasteiger partial charge in [-0.2, -0.15) is 0 Å². The van der Waals surface area contributed by atoms with Crippen molar-refractivity contribution < 1.29 is 9.18 Å². The molecule has 0 bridgehead atoms. The Balaban J connectivity index is 1.75. The van der Waals surface area contributed by atoms with Gasteiger partial charge in [-0.15, -0.1) is 0 Å². The maximum Gasteiger partial charge on any atom is 0.254 e. The second-order valence-corrected chi connectivity index (χ2v) is 6.53. The number of hydrogen-bond acceptors (Lipinski definition) is 2. The number of imidazole rings is 1. The predicted molar refractivity (Wildman–Crippen MR) is 102 cm³/mol. The standard InChI is InChI=1S/C21H19FN4O/c1-25-11-10-23-20(25)19(14-6-5-7-15(22)12-14)24-21(27)17-13-26(2)18-9-4-3-8-16(17)18/h3-13,19H,1-2H3,(H,24,27). The molecule has 1 unspecified atom stereocenters. The van der Waals surface area contributed by atoms with Crippen molar-refractivity contribution in [3.05, 3.63) is 89.9 Å². The van der Waals surface area contributed by atoms with Crippen LogP contribution in [-0.2, 0) is 14.1 Å². The largest absolute Gasteiger partial charge is 0.350 e. The number of para-hydroxylation sites is 1. The van der Waals surface area contributed by atoms with Gasteiger partial charge in [-0.25, -0.2) is 9.37 Å². The molecule has 0 aliphatic rings. The average molecular weight is 362 g/mol. The van der Waals surface area contributed by atoms with Gasteiger partial charge in [0.05, 0.1) is 5.56 Å². The number of hydrogen-bond donors (Lipinski definition) is 1. The highest BCUT2D eigenvalue weighted by molar-refractivity contribution is 6.07. The zero-order valence-electron chi connectivity index (χ0n) is 15.1. The summed E-state index contributed by atoms with van der Waals surface area (Å²) in [4.78, 5) is 17.4. The third-order valence-corrected chi connectivity index (χ3v) is 4.72. The van der Waals surface area contributed by atoms with Crippen molar-refractivity contribution in [2.24, 2.45) is 14.1 Å². The van der Waals surface area contributed by atoms with Gasteiger partial charge in [0.25, 0.3) is 5.91 Å².